The van der Waals surface area contributed by atoms with Crippen LogP contribution in [0.4, 0.5) is 0 Å². The Labute approximate surface area is 154 Å². The smallest absolute Gasteiger partial charge is 0.250 e. The SMILES string of the molecule is O=C(N[C@@H]1CCCN(Cc2ccccc2)C1)C1=Cc2ccccc2OC1. The zero-order valence-corrected chi connectivity index (χ0v) is 14.9. The summed E-state index contributed by atoms with van der Waals surface area (Å²) in [5.74, 6) is 0.835. The van der Waals surface area contributed by atoms with Gasteiger partial charge in [0, 0.05) is 24.7 Å². The number of piperidine rings is 1. The molecule has 0 saturated carbocycles. The molecule has 4 nitrogen and oxygen atoms in total. The molecule has 0 aromatic heterocycles. The van der Waals surface area contributed by atoms with E-state index in [0.717, 1.165) is 43.8 Å². The van der Waals surface area contributed by atoms with E-state index in [1.165, 1.54) is 5.56 Å². The molecule has 0 radical (unpaired) electrons. The molecule has 4 heteroatoms. The number of carbonyl (C=O) groups excluding carboxylic acids is 1. The van der Waals surface area contributed by atoms with Gasteiger partial charge in [-0.15, -0.1) is 0 Å². The Kier molecular flexibility index (Phi) is 5.02. The Morgan fingerprint density at radius 2 is 1.92 bits per heavy atom. The lowest BCUT2D eigenvalue weighted by Gasteiger charge is -2.33. The molecule has 2 aliphatic heterocycles. The van der Waals surface area contributed by atoms with Crippen molar-refractivity contribution in [3.05, 3.63) is 71.3 Å². The van der Waals surface area contributed by atoms with Crippen molar-refractivity contribution in [1.29, 1.82) is 0 Å². The molecule has 1 atom stereocenters. The monoisotopic (exact) mass is 348 g/mol. The number of hydrogen-bond donors (Lipinski definition) is 1. The van der Waals surface area contributed by atoms with Gasteiger partial charge >= 0.3 is 0 Å². The van der Waals surface area contributed by atoms with Crippen molar-refractivity contribution >= 4 is 12.0 Å². The molecular weight excluding hydrogens is 324 g/mol. The molecule has 1 saturated heterocycles. The van der Waals surface area contributed by atoms with Crippen LogP contribution < -0.4 is 10.1 Å². The molecule has 1 N–H and O–H groups in total. The van der Waals surface area contributed by atoms with Crippen LogP contribution in [0.5, 0.6) is 5.75 Å². The second kappa shape index (κ2) is 7.75. The molecule has 2 aromatic carbocycles. The molecule has 0 bridgehead atoms. The summed E-state index contributed by atoms with van der Waals surface area (Å²) >= 11 is 0. The van der Waals surface area contributed by atoms with Gasteiger partial charge in [-0.2, -0.15) is 0 Å². The van der Waals surface area contributed by atoms with Crippen molar-refractivity contribution in [2.45, 2.75) is 25.4 Å². The minimum atomic E-state index is -0.00827. The lowest BCUT2D eigenvalue weighted by atomic mass is 10.0. The van der Waals surface area contributed by atoms with E-state index in [1.807, 2.05) is 36.4 Å². The minimum Gasteiger partial charge on any atom is -0.488 e. The van der Waals surface area contributed by atoms with Crippen LogP contribution in [-0.2, 0) is 11.3 Å². The van der Waals surface area contributed by atoms with Crippen molar-refractivity contribution in [3.8, 4) is 5.75 Å². The molecular formula is C22H24N2O2. The first-order valence-corrected chi connectivity index (χ1v) is 9.27. The van der Waals surface area contributed by atoms with E-state index in [1.54, 1.807) is 0 Å². The summed E-state index contributed by atoms with van der Waals surface area (Å²) in [6.45, 7) is 3.25. The number of fused-ring (bicyclic) bond motifs is 1. The van der Waals surface area contributed by atoms with Gasteiger partial charge in [0.15, 0.2) is 0 Å². The molecule has 134 valence electrons. The van der Waals surface area contributed by atoms with Crippen LogP contribution in [0.15, 0.2) is 60.2 Å². The van der Waals surface area contributed by atoms with Gasteiger partial charge in [0.1, 0.15) is 12.4 Å². The third kappa shape index (κ3) is 3.97. The van der Waals surface area contributed by atoms with E-state index < -0.39 is 0 Å². The maximum absolute atomic E-state index is 12.7. The van der Waals surface area contributed by atoms with Gasteiger partial charge in [-0.05, 0) is 37.1 Å². The Hall–Kier alpha value is -2.59. The standard InChI is InChI=1S/C22H24N2O2/c25-22(19-13-18-9-4-5-11-21(18)26-16-19)23-20-10-6-12-24(15-20)14-17-7-2-1-3-8-17/h1-5,7-9,11,13,20H,6,10,12,14-16H2,(H,23,25)/t20-/m1/s1. The van der Waals surface area contributed by atoms with Crippen LogP contribution in [0.1, 0.15) is 24.0 Å². The topological polar surface area (TPSA) is 41.6 Å². The first-order valence-electron chi connectivity index (χ1n) is 9.27. The summed E-state index contributed by atoms with van der Waals surface area (Å²) in [5, 5.41) is 3.21. The molecule has 2 heterocycles. The molecule has 2 aliphatic rings. The molecule has 0 unspecified atom stereocenters. The Morgan fingerprint density at radius 1 is 1.12 bits per heavy atom. The molecule has 0 aliphatic carbocycles. The van der Waals surface area contributed by atoms with Gasteiger partial charge in [0.2, 0.25) is 0 Å². The van der Waals surface area contributed by atoms with E-state index in [0.29, 0.717) is 12.2 Å². The third-order valence-corrected chi connectivity index (χ3v) is 5.01. The normalized spacial score (nSPS) is 19.8. The van der Waals surface area contributed by atoms with E-state index in [-0.39, 0.29) is 11.9 Å². The highest BCUT2D eigenvalue weighted by Gasteiger charge is 2.24. The zero-order chi connectivity index (χ0) is 17.8. The highest BCUT2D eigenvalue weighted by atomic mass is 16.5. The third-order valence-electron chi connectivity index (χ3n) is 5.01. The van der Waals surface area contributed by atoms with Crippen LogP contribution >= 0.6 is 0 Å². The summed E-state index contributed by atoms with van der Waals surface area (Å²) < 4.78 is 5.71. The van der Waals surface area contributed by atoms with Crippen molar-refractivity contribution in [1.82, 2.24) is 10.2 Å². The van der Waals surface area contributed by atoms with Gasteiger partial charge < -0.3 is 10.1 Å². The maximum Gasteiger partial charge on any atom is 0.250 e. The number of amides is 1. The summed E-state index contributed by atoms with van der Waals surface area (Å²) in [6, 6.07) is 18.5. The van der Waals surface area contributed by atoms with Crippen molar-refractivity contribution in [2.24, 2.45) is 0 Å². The summed E-state index contributed by atoms with van der Waals surface area (Å²) in [4.78, 5) is 15.1. The largest absolute Gasteiger partial charge is 0.488 e. The summed E-state index contributed by atoms with van der Waals surface area (Å²) in [7, 11) is 0. The second-order valence-corrected chi connectivity index (χ2v) is 7.03. The molecule has 1 amide bonds. The lowest BCUT2D eigenvalue weighted by Crippen LogP contribution is -2.48. The predicted octanol–water partition coefficient (Wildman–Crippen LogP) is 3.24. The number of benzene rings is 2. The summed E-state index contributed by atoms with van der Waals surface area (Å²) in [6.07, 6.45) is 4.08. The molecule has 1 fully saturated rings. The van der Waals surface area contributed by atoms with Crippen molar-refractivity contribution < 1.29 is 9.53 Å². The van der Waals surface area contributed by atoms with Crippen LogP contribution in [0.3, 0.4) is 0 Å². The van der Waals surface area contributed by atoms with E-state index in [4.69, 9.17) is 4.74 Å². The Bertz CT molecular complexity index is 801. The first-order chi connectivity index (χ1) is 12.8. The maximum atomic E-state index is 12.7. The minimum absolute atomic E-state index is 0.00827. The van der Waals surface area contributed by atoms with E-state index in [2.05, 4.69) is 34.5 Å². The fourth-order valence-corrected chi connectivity index (χ4v) is 3.68. The summed E-state index contributed by atoms with van der Waals surface area (Å²) in [5.41, 5.74) is 2.99. The van der Waals surface area contributed by atoms with E-state index in [9.17, 15) is 4.79 Å². The van der Waals surface area contributed by atoms with Gasteiger partial charge in [-0.25, -0.2) is 0 Å². The number of para-hydroxylation sites is 1. The van der Waals surface area contributed by atoms with Crippen LogP contribution in [0.2, 0.25) is 0 Å². The van der Waals surface area contributed by atoms with Crippen molar-refractivity contribution in [3.63, 3.8) is 0 Å². The zero-order valence-electron chi connectivity index (χ0n) is 14.9. The quantitative estimate of drug-likeness (QED) is 0.922. The average molecular weight is 348 g/mol. The Morgan fingerprint density at radius 3 is 2.81 bits per heavy atom. The van der Waals surface area contributed by atoms with Crippen molar-refractivity contribution in [2.75, 3.05) is 19.7 Å². The number of likely N-dealkylation sites (tertiary alicyclic amines) is 1. The van der Waals surface area contributed by atoms with Gasteiger partial charge in [-0.3, -0.25) is 9.69 Å². The molecule has 4 rings (SSSR count). The average Bonchev–Trinajstić information content (AvgIpc) is 2.68. The fraction of sp³-hybridized carbons (Fsp3) is 0.318. The number of nitrogens with zero attached hydrogens (tertiary/aromatic N) is 1. The van der Waals surface area contributed by atoms with Crippen LogP contribution in [-0.4, -0.2) is 36.5 Å². The fourth-order valence-electron chi connectivity index (χ4n) is 3.68. The van der Waals surface area contributed by atoms with Gasteiger partial charge in [-0.1, -0.05) is 48.5 Å². The number of ether oxygens (including phenoxy) is 1. The van der Waals surface area contributed by atoms with Crippen LogP contribution in [0, 0.1) is 0 Å². The Balaban J connectivity index is 1.36. The number of nitrogens with one attached hydrogen (secondary N) is 1. The lowest BCUT2D eigenvalue weighted by molar-refractivity contribution is -0.118. The van der Waals surface area contributed by atoms with Gasteiger partial charge in [0.25, 0.3) is 5.91 Å². The molecule has 26 heavy (non-hydrogen) atoms. The number of carbonyl (C=O) groups is 1. The van der Waals surface area contributed by atoms with Crippen LogP contribution in [0.25, 0.3) is 6.08 Å². The van der Waals surface area contributed by atoms with Gasteiger partial charge in [0.05, 0.1) is 5.57 Å². The number of rotatable bonds is 4. The first kappa shape index (κ1) is 16.9. The highest BCUT2D eigenvalue weighted by molar-refractivity contribution is 5.99. The number of hydrogen-bond acceptors (Lipinski definition) is 3. The predicted molar refractivity (Wildman–Crippen MR) is 103 cm³/mol. The van der Waals surface area contributed by atoms with E-state index >= 15 is 0 Å². The molecule has 2 aromatic rings. The molecule has 0 spiro atoms. The second-order valence-electron chi connectivity index (χ2n) is 7.03. The highest BCUT2D eigenvalue weighted by Crippen LogP contribution is 2.26.